The number of para-hydroxylation sites is 1. The lowest BCUT2D eigenvalue weighted by atomic mass is 10.1. The Labute approximate surface area is 155 Å². The molecule has 144 valence electrons. The molecule has 0 N–H and O–H groups in total. The highest BCUT2D eigenvalue weighted by Gasteiger charge is 2.23. The summed E-state index contributed by atoms with van der Waals surface area (Å²) in [6.07, 6.45) is 7.56. The van der Waals surface area contributed by atoms with Crippen LogP contribution in [0.1, 0.15) is 24.4 Å². The number of nitrogens with zero attached hydrogens (tertiary/aromatic N) is 4. The smallest absolute Gasteiger partial charge is 0.387 e. The second-order valence-corrected chi connectivity index (χ2v) is 6.02. The number of carbonyl (C=O) groups is 1. The Bertz CT molecular complexity index is 788. The summed E-state index contributed by atoms with van der Waals surface area (Å²) in [6, 6.07) is 4.97. The van der Waals surface area contributed by atoms with Crippen molar-refractivity contribution in [2.45, 2.75) is 25.5 Å². The zero-order valence-corrected chi connectivity index (χ0v) is 14.8. The first kappa shape index (κ1) is 18.8. The number of amides is 1. The number of hydrogen-bond acceptors (Lipinski definition) is 5. The van der Waals surface area contributed by atoms with E-state index in [1.54, 1.807) is 23.4 Å². The molecule has 1 fully saturated rings. The van der Waals surface area contributed by atoms with Gasteiger partial charge in [0.1, 0.15) is 12.7 Å². The third-order valence-electron chi connectivity index (χ3n) is 4.43. The predicted molar refractivity (Wildman–Crippen MR) is 93.5 cm³/mol. The Hall–Kier alpha value is -2.97. The van der Waals surface area contributed by atoms with Crippen LogP contribution in [0.2, 0.25) is 0 Å². The fraction of sp³-hybridized carbons (Fsp3) is 0.389. The molecule has 2 heterocycles. The number of carbonyl (C=O) groups excluding carboxylic acids is 1. The molecule has 3 rings (SSSR count). The minimum Gasteiger partial charge on any atom is -0.493 e. The lowest BCUT2D eigenvalue weighted by Gasteiger charge is -2.31. The number of hydrogen-bond donors (Lipinski definition) is 0. The summed E-state index contributed by atoms with van der Waals surface area (Å²) >= 11 is 0. The second-order valence-electron chi connectivity index (χ2n) is 6.02. The minimum absolute atomic E-state index is 0.0936. The van der Waals surface area contributed by atoms with E-state index in [0.29, 0.717) is 18.7 Å². The van der Waals surface area contributed by atoms with E-state index in [-0.39, 0.29) is 23.4 Å². The molecule has 9 heteroatoms. The molecule has 0 unspecified atom stereocenters. The molecule has 2 aromatic rings. The van der Waals surface area contributed by atoms with E-state index in [1.807, 2.05) is 4.68 Å². The molecule has 0 spiro atoms. The Balaban J connectivity index is 1.65. The van der Waals surface area contributed by atoms with E-state index < -0.39 is 6.61 Å². The van der Waals surface area contributed by atoms with Crippen molar-refractivity contribution < 1.29 is 23.0 Å². The average Bonchev–Trinajstić information content (AvgIpc) is 3.21. The lowest BCUT2D eigenvalue weighted by molar-refractivity contribution is -0.127. The van der Waals surface area contributed by atoms with Crippen LogP contribution >= 0.6 is 0 Å². The SMILES string of the molecule is COc1cccc(/C=C/C(=O)N2CCC(n3cncn3)CC2)c1OC(F)F. The van der Waals surface area contributed by atoms with E-state index in [0.717, 1.165) is 12.8 Å². The summed E-state index contributed by atoms with van der Waals surface area (Å²) in [7, 11) is 1.37. The number of alkyl halides is 2. The number of methoxy groups -OCH3 is 1. The van der Waals surface area contributed by atoms with Gasteiger partial charge in [-0.15, -0.1) is 0 Å². The van der Waals surface area contributed by atoms with Gasteiger partial charge in [0.2, 0.25) is 5.91 Å². The Kier molecular flexibility index (Phi) is 6.00. The first-order chi connectivity index (χ1) is 13.1. The molecule has 0 aliphatic carbocycles. The first-order valence-corrected chi connectivity index (χ1v) is 8.51. The van der Waals surface area contributed by atoms with Crippen molar-refractivity contribution in [2.24, 2.45) is 0 Å². The van der Waals surface area contributed by atoms with Crippen molar-refractivity contribution in [3.05, 3.63) is 42.5 Å². The van der Waals surface area contributed by atoms with Crippen LogP contribution in [0.5, 0.6) is 11.5 Å². The number of aromatic nitrogens is 3. The number of ether oxygens (including phenoxy) is 2. The van der Waals surface area contributed by atoms with Crippen LogP contribution in [0.3, 0.4) is 0 Å². The van der Waals surface area contributed by atoms with Gasteiger partial charge in [-0.25, -0.2) is 9.67 Å². The van der Waals surface area contributed by atoms with Gasteiger partial charge in [0.25, 0.3) is 0 Å². The van der Waals surface area contributed by atoms with Gasteiger partial charge in [-0.1, -0.05) is 12.1 Å². The maximum atomic E-state index is 12.7. The number of benzene rings is 1. The summed E-state index contributed by atoms with van der Waals surface area (Å²) < 4.78 is 36.8. The number of piperidine rings is 1. The fourth-order valence-corrected chi connectivity index (χ4v) is 3.06. The highest BCUT2D eigenvalue weighted by Crippen LogP contribution is 2.33. The molecule has 0 atom stereocenters. The van der Waals surface area contributed by atoms with E-state index in [1.165, 1.54) is 31.7 Å². The van der Waals surface area contributed by atoms with Gasteiger partial charge in [-0.2, -0.15) is 13.9 Å². The minimum atomic E-state index is -2.99. The van der Waals surface area contributed by atoms with Gasteiger partial charge in [0.05, 0.1) is 13.2 Å². The molecule has 1 aromatic heterocycles. The second kappa shape index (κ2) is 8.61. The van der Waals surface area contributed by atoms with Crippen LogP contribution in [0.25, 0.3) is 6.08 Å². The molecule has 0 radical (unpaired) electrons. The van der Waals surface area contributed by atoms with Crippen LogP contribution in [0, 0.1) is 0 Å². The highest BCUT2D eigenvalue weighted by molar-refractivity contribution is 5.92. The molecule has 1 amide bonds. The molecule has 1 saturated heterocycles. The lowest BCUT2D eigenvalue weighted by Crippen LogP contribution is -2.38. The standard InChI is InChI=1S/C18H20F2N4O3/c1-26-15-4-2-3-13(17(15)27-18(19)20)5-6-16(25)23-9-7-14(8-10-23)24-12-21-11-22-24/h2-6,11-12,14,18H,7-10H2,1H3/b6-5+. The largest absolute Gasteiger partial charge is 0.493 e. The van der Waals surface area contributed by atoms with E-state index >= 15 is 0 Å². The third kappa shape index (κ3) is 4.60. The van der Waals surface area contributed by atoms with E-state index in [9.17, 15) is 13.6 Å². The van der Waals surface area contributed by atoms with Gasteiger partial charge in [-0.3, -0.25) is 4.79 Å². The predicted octanol–water partition coefficient (Wildman–Crippen LogP) is 2.77. The van der Waals surface area contributed by atoms with Crippen molar-refractivity contribution in [3.63, 3.8) is 0 Å². The van der Waals surface area contributed by atoms with Gasteiger partial charge in [0.15, 0.2) is 11.5 Å². The molecular formula is C18H20F2N4O3. The van der Waals surface area contributed by atoms with Crippen LogP contribution in [0.4, 0.5) is 8.78 Å². The number of halogens is 2. The summed E-state index contributed by atoms with van der Waals surface area (Å²) in [4.78, 5) is 18.1. The molecule has 1 aliphatic rings. The number of rotatable bonds is 6. The van der Waals surface area contributed by atoms with Crippen LogP contribution in [0.15, 0.2) is 36.9 Å². The third-order valence-corrected chi connectivity index (χ3v) is 4.43. The van der Waals surface area contributed by atoms with Crippen molar-refractivity contribution in [1.82, 2.24) is 19.7 Å². The molecule has 27 heavy (non-hydrogen) atoms. The van der Waals surface area contributed by atoms with Crippen molar-refractivity contribution >= 4 is 12.0 Å². The maximum absolute atomic E-state index is 12.7. The Morgan fingerprint density at radius 1 is 1.33 bits per heavy atom. The molecule has 1 aliphatic heterocycles. The summed E-state index contributed by atoms with van der Waals surface area (Å²) in [5.74, 6) is -0.0969. The summed E-state index contributed by atoms with van der Waals surface area (Å²) in [5, 5.41) is 4.14. The summed E-state index contributed by atoms with van der Waals surface area (Å²) in [6.45, 7) is -1.81. The van der Waals surface area contributed by atoms with Crippen LogP contribution < -0.4 is 9.47 Å². The highest BCUT2D eigenvalue weighted by atomic mass is 19.3. The van der Waals surface area contributed by atoms with E-state index in [2.05, 4.69) is 14.8 Å². The van der Waals surface area contributed by atoms with Gasteiger partial charge in [0, 0.05) is 24.7 Å². The van der Waals surface area contributed by atoms with Crippen LogP contribution in [-0.4, -0.2) is 52.4 Å². The van der Waals surface area contributed by atoms with Gasteiger partial charge < -0.3 is 14.4 Å². The monoisotopic (exact) mass is 378 g/mol. The molecule has 7 nitrogen and oxygen atoms in total. The van der Waals surface area contributed by atoms with Crippen molar-refractivity contribution in [3.8, 4) is 11.5 Å². The zero-order valence-electron chi connectivity index (χ0n) is 14.8. The Morgan fingerprint density at radius 2 is 2.11 bits per heavy atom. The van der Waals surface area contributed by atoms with Crippen molar-refractivity contribution in [2.75, 3.05) is 20.2 Å². The van der Waals surface area contributed by atoms with Crippen molar-refractivity contribution in [1.29, 1.82) is 0 Å². The summed E-state index contributed by atoms with van der Waals surface area (Å²) in [5.41, 5.74) is 0.348. The van der Waals surface area contributed by atoms with Gasteiger partial charge in [-0.05, 0) is 25.0 Å². The zero-order chi connectivity index (χ0) is 19.2. The number of likely N-dealkylation sites (tertiary alicyclic amines) is 1. The average molecular weight is 378 g/mol. The van der Waals surface area contributed by atoms with E-state index in [4.69, 9.17) is 4.74 Å². The fourth-order valence-electron chi connectivity index (χ4n) is 3.06. The first-order valence-electron chi connectivity index (χ1n) is 8.51. The normalized spacial score (nSPS) is 15.5. The molecule has 1 aromatic carbocycles. The quantitative estimate of drug-likeness (QED) is 0.723. The van der Waals surface area contributed by atoms with Gasteiger partial charge >= 0.3 is 6.61 Å². The maximum Gasteiger partial charge on any atom is 0.387 e. The molecule has 0 saturated carbocycles. The molecular weight excluding hydrogens is 358 g/mol. The molecule has 0 bridgehead atoms. The van der Waals surface area contributed by atoms with Crippen LogP contribution in [-0.2, 0) is 4.79 Å². The Morgan fingerprint density at radius 3 is 2.74 bits per heavy atom. The topological polar surface area (TPSA) is 69.5 Å².